The Labute approximate surface area is 140 Å². The van der Waals surface area contributed by atoms with Gasteiger partial charge in [-0.15, -0.1) is 11.3 Å². The van der Waals surface area contributed by atoms with Crippen LogP contribution < -0.4 is 4.72 Å². The Balaban J connectivity index is 1.90. The number of nitrogens with one attached hydrogen (secondary N) is 1. The minimum atomic E-state index is -3.61. The van der Waals surface area contributed by atoms with Gasteiger partial charge >= 0.3 is 0 Å². The predicted molar refractivity (Wildman–Crippen MR) is 88.8 cm³/mol. The minimum Gasteiger partial charge on any atom is -0.393 e. The molecule has 2 N–H and O–H groups in total. The molecule has 6 nitrogen and oxygen atoms in total. The summed E-state index contributed by atoms with van der Waals surface area (Å²) in [4.78, 5) is 2.10. The van der Waals surface area contributed by atoms with Crippen molar-refractivity contribution in [1.82, 2.24) is 14.5 Å². The highest BCUT2D eigenvalue weighted by Crippen LogP contribution is 2.39. The van der Waals surface area contributed by atoms with Gasteiger partial charge in [0, 0.05) is 28.6 Å². The number of sulfonamides is 1. The second kappa shape index (κ2) is 6.01. The summed E-state index contributed by atoms with van der Waals surface area (Å²) in [6, 6.07) is 1.34. The maximum Gasteiger partial charge on any atom is 0.242 e. The smallest absolute Gasteiger partial charge is 0.242 e. The third-order valence-corrected chi connectivity index (χ3v) is 6.93. The first-order valence-corrected chi connectivity index (χ1v) is 9.82. The third-order valence-electron chi connectivity index (χ3n) is 4.27. The molecule has 23 heavy (non-hydrogen) atoms. The standard InChI is InChI=1S/C15H21N3O3S2/c1-9-4-14(10(2)22-9)23(20,21)17-15(11-5-13(19)6-11)12-7-16-18(3)8-12/h4,7-8,11,13,15,17,19H,5-6H2,1-3H3/t11?,13?,15-/m1/s1. The topological polar surface area (TPSA) is 84.2 Å². The molecule has 1 atom stereocenters. The zero-order chi connectivity index (χ0) is 16.8. The van der Waals surface area contributed by atoms with Crippen molar-refractivity contribution in [3.8, 4) is 0 Å². The molecule has 1 aliphatic rings. The average Bonchev–Trinajstić information content (AvgIpc) is 2.99. The van der Waals surface area contributed by atoms with Crippen molar-refractivity contribution in [1.29, 1.82) is 0 Å². The Morgan fingerprint density at radius 2 is 2.13 bits per heavy atom. The van der Waals surface area contributed by atoms with E-state index < -0.39 is 10.0 Å². The van der Waals surface area contributed by atoms with Gasteiger partial charge in [-0.2, -0.15) is 5.10 Å². The molecule has 0 unspecified atom stereocenters. The molecule has 2 aromatic heterocycles. The van der Waals surface area contributed by atoms with Crippen LogP contribution in [0.15, 0.2) is 23.4 Å². The lowest BCUT2D eigenvalue weighted by molar-refractivity contribution is 0.0280. The van der Waals surface area contributed by atoms with E-state index in [0.29, 0.717) is 17.7 Å². The number of thiophene rings is 1. The van der Waals surface area contributed by atoms with Crippen molar-refractivity contribution in [3.05, 3.63) is 33.8 Å². The van der Waals surface area contributed by atoms with Crippen molar-refractivity contribution in [3.63, 3.8) is 0 Å². The Hall–Kier alpha value is -1.22. The van der Waals surface area contributed by atoms with Crippen LogP contribution in [0.4, 0.5) is 0 Å². The number of aliphatic hydroxyl groups is 1. The van der Waals surface area contributed by atoms with Crippen molar-refractivity contribution in [2.45, 2.75) is 43.7 Å². The van der Waals surface area contributed by atoms with E-state index >= 15 is 0 Å². The summed E-state index contributed by atoms with van der Waals surface area (Å²) >= 11 is 1.48. The third kappa shape index (κ3) is 3.35. The second-order valence-electron chi connectivity index (χ2n) is 6.21. The SMILES string of the molecule is Cc1cc(S(=O)(=O)N[C@@H](c2cnn(C)c2)C2CC(O)C2)c(C)s1. The van der Waals surface area contributed by atoms with Crippen LogP contribution >= 0.6 is 11.3 Å². The van der Waals surface area contributed by atoms with Gasteiger partial charge in [0.15, 0.2) is 0 Å². The molecule has 0 aromatic carbocycles. The Morgan fingerprint density at radius 3 is 2.61 bits per heavy atom. The summed E-state index contributed by atoms with van der Waals surface area (Å²) in [6.45, 7) is 3.72. The number of aliphatic hydroxyl groups excluding tert-OH is 1. The first kappa shape index (κ1) is 16.6. The fraction of sp³-hybridized carbons (Fsp3) is 0.533. The highest BCUT2D eigenvalue weighted by molar-refractivity contribution is 7.89. The Morgan fingerprint density at radius 1 is 1.43 bits per heavy atom. The molecule has 1 saturated carbocycles. The van der Waals surface area contributed by atoms with E-state index in [9.17, 15) is 13.5 Å². The van der Waals surface area contributed by atoms with Crippen molar-refractivity contribution in [2.24, 2.45) is 13.0 Å². The van der Waals surface area contributed by atoms with Crippen LogP contribution in [0.5, 0.6) is 0 Å². The zero-order valence-electron chi connectivity index (χ0n) is 13.4. The maximum absolute atomic E-state index is 12.8. The lowest BCUT2D eigenvalue weighted by atomic mass is 9.76. The van der Waals surface area contributed by atoms with Crippen LogP contribution in [0, 0.1) is 19.8 Å². The summed E-state index contributed by atoms with van der Waals surface area (Å²) in [5.41, 5.74) is 0.831. The number of hydrogen-bond donors (Lipinski definition) is 2. The first-order valence-electron chi connectivity index (χ1n) is 7.52. The molecule has 1 fully saturated rings. The van der Waals surface area contributed by atoms with Crippen LogP contribution in [0.2, 0.25) is 0 Å². The molecule has 0 bridgehead atoms. The van der Waals surface area contributed by atoms with Gasteiger partial charge in [-0.1, -0.05) is 0 Å². The number of rotatable bonds is 5. The largest absolute Gasteiger partial charge is 0.393 e. The summed E-state index contributed by atoms with van der Waals surface area (Å²) in [5, 5.41) is 13.7. The maximum atomic E-state index is 12.8. The van der Waals surface area contributed by atoms with E-state index in [2.05, 4.69) is 9.82 Å². The van der Waals surface area contributed by atoms with Crippen LogP contribution in [-0.4, -0.2) is 29.4 Å². The molecule has 0 radical (unpaired) electrons. The Bertz CT molecular complexity index is 804. The summed E-state index contributed by atoms with van der Waals surface area (Å²) < 4.78 is 30.1. The predicted octanol–water partition coefficient (Wildman–Crippen LogP) is 1.89. The van der Waals surface area contributed by atoms with E-state index in [0.717, 1.165) is 15.3 Å². The lowest BCUT2D eigenvalue weighted by Crippen LogP contribution is -2.41. The van der Waals surface area contributed by atoms with E-state index in [-0.39, 0.29) is 18.1 Å². The molecule has 126 valence electrons. The fourth-order valence-corrected chi connectivity index (χ4v) is 5.89. The molecule has 8 heteroatoms. The molecular formula is C15H21N3O3S2. The van der Waals surface area contributed by atoms with Crippen LogP contribution in [0.1, 0.15) is 34.2 Å². The monoisotopic (exact) mass is 355 g/mol. The number of hydrogen-bond acceptors (Lipinski definition) is 5. The first-order chi connectivity index (χ1) is 10.8. The van der Waals surface area contributed by atoms with Gasteiger partial charge in [-0.25, -0.2) is 13.1 Å². The van der Waals surface area contributed by atoms with Gasteiger partial charge in [0.1, 0.15) is 0 Å². The molecule has 1 aliphatic carbocycles. The summed E-state index contributed by atoms with van der Waals surface area (Å²) in [5.74, 6) is 0.0870. The van der Waals surface area contributed by atoms with Crippen LogP contribution in [0.3, 0.4) is 0 Å². The van der Waals surface area contributed by atoms with Gasteiger partial charge in [-0.3, -0.25) is 4.68 Å². The molecule has 0 spiro atoms. The molecule has 0 saturated heterocycles. The minimum absolute atomic E-state index is 0.0870. The highest BCUT2D eigenvalue weighted by atomic mass is 32.2. The van der Waals surface area contributed by atoms with E-state index in [1.54, 1.807) is 24.0 Å². The molecule has 0 aliphatic heterocycles. The molecule has 0 amide bonds. The van der Waals surface area contributed by atoms with E-state index in [1.807, 2.05) is 20.0 Å². The second-order valence-corrected chi connectivity index (χ2v) is 9.35. The average molecular weight is 355 g/mol. The van der Waals surface area contributed by atoms with Crippen molar-refractivity contribution in [2.75, 3.05) is 0 Å². The Kier molecular flexibility index (Phi) is 4.35. The van der Waals surface area contributed by atoms with Gasteiger partial charge in [0.05, 0.1) is 23.2 Å². The van der Waals surface area contributed by atoms with Gasteiger partial charge in [-0.05, 0) is 38.7 Å². The number of nitrogens with zero attached hydrogens (tertiary/aromatic N) is 2. The summed E-state index contributed by atoms with van der Waals surface area (Å²) in [6.07, 6.45) is 4.37. The zero-order valence-corrected chi connectivity index (χ0v) is 15.0. The molecule has 2 heterocycles. The van der Waals surface area contributed by atoms with Crippen molar-refractivity contribution >= 4 is 21.4 Å². The fourth-order valence-electron chi connectivity index (χ4n) is 3.04. The number of aryl methyl sites for hydroxylation is 3. The quantitative estimate of drug-likeness (QED) is 0.858. The van der Waals surface area contributed by atoms with Crippen LogP contribution in [-0.2, 0) is 17.1 Å². The van der Waals surface area contributed by atoms with Gasteiger partial charge in [0.2, 0.25) is 10.0 Å². The van der Waals surface area contributed by atoms with Crippen LogP contribution in [0.25, 0.3) is 0 Å². The molecule has 3 rings (SSSR count). The van der Waals surface area contributed by atoms with Gasteiger partial charge in [0.25, 0.3) is 0 Å². The lowest BCUT2D eigenvalue weighted by Gasteiger charge is -2.37. The van der Waals surface area contributed by atoms with Gasteiger partial charge < -0.3 is 5.11 Å². The van der Waals surface area contributed by atoms with Crippen molar-refractivity contribution < 1.29 is 13.5 Å². The number of aromatic nitrogens is 2. The summed E-state index contributed by atoms with van der Waals surface area (Å²) in [7, 11) is -1.80. The normalized spacial score (nSPS) is 22.8. The van der Waals surface area contributed by atoms with E-state index in [1.165, 1.54) is 11.3 Å². The molecular weight excluding hydrogens is 334 g/mol. The molecule has 2 aromatic rings. The highest BCUT2D eigenvalue weighted by Gasteiger charge is 2.38. The van der Waals surface area contributed by atoms with E-state index in [4.69, 9.17) is 0 Å².